The van der Waals surface area contributed by atoms with Crippen LogP contribution in [0.3, 0.4) is 0 Å². The average molecular weight is 367 g/mol. The molecule has 0 fully saturated rings. The number of aromatic nitrogens is 1. The van der Waals surface area contributed by atoms with Crippen LogP contribution in [0.1, 0.15) is 28.4 Å². The van der Waals surface area contributed by atoms with Crippen LogP contribution in [0.2, 0.25) is 10.0 Å². The number of halogens is 2. The summed E-state index contributed by atoms with van der Waals surface area (Å²) in [5, 5.41) is 3.05. The lowest BCUT2D eigenvalue weighted by molar-refractivity contribution is -0.123. The minimum Gasteiger partial charge on any atom is -0.449 e. The molecule has 1 heterocycles. The summed E-state index contributed by atoms with van der Waals surface area (Å²) in [6, 6.07) is 6.81. The Balaban J connectivity index is 2.04. The number of hydrogen-bond donors (Lipinski definition) is 1. The molecule has 2 rings (SSSR count). The number of benzene rings is 1. The third kappa shape index (κ3) is 4.69. The molecule has 126 valence electrons. The molecule has 1 aromatic carbocycles. The van der Waals surface area contributed by atoms with E-state index in [-0.39, 0.29) is 10.8 Å². The first kappa shape index (κ1) is 18.2. The van der Waals surface area contributed by atoms with E-state index < -0.39 is 18.0 Å². The van der Waals surface area contributed by atoms with Crippen LogP contribution in [0.4, 0.5) is 5.82 Å². The zero-order chi connectivity index (χ0) is 17.9. The van der Waals surface area contributed by atoms with Gasteiger partial charge in [-0.05, 0) is 39.0 Å². The number of nitrogens with zero attached hydrogens (tertiary/aromatic N) is 1. The van der Waals surface area contributed by atoms with E-state index in [4.69, 9.17) is 27.9 Å². The molecule has 24 heavy (non-hydrogen) atoms. The highest BCUT2D eigenvalue weighted by Gasteiger charge is 2.20. The van der Waals surface area contributed by atoms with Crippen LogP contribution in [0.15, 0.2) is 30.5 Å². The molecule has 2 aromatic rings. The summed E-state index contributed by atoms with van der Waals surface area (Å²) in [5.41, 5.74) is 2.28. The van der Waals surface area contributed by atoms with Gasteiger partial charge in [0.2, 0.25) is 0 Å². The van der Waals surface area contributed by atoms with Crippen molar-refractivity contribution in [3.63, 3.8) is 0 Å². The molecule has 1 N–H and O–H groups in total. The molecule has 1 aromatic heterocycles. The third-order valence-corrected chi connectivity index (χ3v) is 3.65. The molecule has 7 heteroatoms. The topological polar surface area (TPSA) is 68.3 Å². The van der Waals surface area contributed by atoms with Gasteiger partial charge in [-0.2, -0.15) is 0 Å². The van der Waals surface area contributed by atoms with Crippen LogP contribution in [0.25, 0.3) is 0 Å². The molecule has 0 aliphatic rings. The second-order valence-corrected chi connectivity index (χ2v) is 6.24. The summed E-state index contributed by atoms with van der Waals surface area (Å²) in [4.78, 5) is 28.2. The number of amides is 1. The maximum absolute atomic E-state index is 12.2. The predicted octanol–water partition coefficient (Wildman–Crippen LogP) is 4.19. The molecule has 1 amide bonds. The quantitative estimate of drug-likeness (QED) is 0.823. The second kappa shape index (κ2) is 7.64. The van der Waals surface area contributed by atoms with Gasteiger partial charge in [-0.25, -0.2) is 9.78 Å². The van der Waals surface area contributed by atoms with Gasteiger partial charge in [-0.3, -0.25) is 4.79 Å². The lowest BCUT2D eigenvalue weighted by Crippen LogP contribution is -2.30. The van der Waals surface area contributed by atoms with E-state index >= 15 is 0 Å². The molecule has 5 nitrogen and oxygen atoms in total. The largest absolute Gasteiger partial charge is 0.449 e. The summed E-state index contributed by atoms with van der Waals surface area (Å²) < 4.78 is 5.20. The fraction of sp³-hybridized carbons (Fsp3) is 0.235. The summed E-state index contributed by atoms with van der Waals surface area (Å²) in [7, 11) is 0. The van der Waals surface area contributed by atoms with Crippen LogP contribution >= 0.6 is 23.2 Å². The van der Waals surface area contributed by atoms with Gasteiger partial charge in [0.05, 0.1) is 15.6 Å². The first-order valence-electron chi connectivity index (χ1n) is 7.17. The minimum absolute atomic E-state index is 0.153. The van der Waals surface area contributed by atoms with Crippen LogP contribution < -0.4 is 5.32 Å². The Morgan fingerprint density at radius 2 is 1.75 bits per heavy atom. The Morgan fingerprint density at radius 1 is 1.12 bits per heavy atom. The Labute approximate surface area is 149 Å². The Hall–Kier alpha value is -2.11. The van der Waals surface area contributed by atoms with Crippen molar-refractivity contribution in [1.82, 2.24) is 4.98 Å². The van der Waals surface area contributed by atoms with Crippen molar-refractivity contribution in [3.8, 4) is 0 Å². The Bertz CT molecular complexity index is 773. The van der Waals surface area contributed by atoms with Crippen molar-refractivity contribution in [2.75, 3.05) is 5.32 Å². The fourth-order valence-corrected chi connectivity index (χ4v) is 2.53. The number of nitrogens with one attached hydrogen (secondary N) is 1. The van der Waals surface area contributed by atoms with Gasteiger partial charge in [-0.15, -0.1) is 0 Å². The first-order chi connectivity index (χ1) is 11.3. The molecule has 1 atom stereocenters. The number of pyridine rings is 1. The van der Waals surface area contributed by atoms with E-state index in [1.165, 1.54) is 19.2 Å². The minimum atomic E-state index is -1.01. The SMILES string of the molecule is Cc1cc(C)cc(C(=O)O[C@@H](C)C(=O)Nc2ncc(Cl)cc2Cl)c1. The highest BCUT2D eigenvalue weighted by molar-refractivity contribution is 6.36. The van der Waals surface area contributed by atoms with Crippen LogP contribution in [-0.4, -0.2) is 23.0 Å². The number of rotatable bonds is 4. The van der Waals surface area contributed by atoms with Crippen LogP contribution in [0, 0.1) is 13.8 Å². The normalized spacial score (nSPS) is 11.7. The van der Waals surface area contributed by atoms with E-state index in [2.05, 4.69) is 10.3 Å². The van der Waals surface area contributed by atoms with Gasteiger partial charge < -0.3 is 10.1 Å². The van der Waals surface area contributed by atoms with Crippen molar-refractivity contribution >= 4 is 40.9 Å². The lowest BCUT2D eigenvalue weighted by atomic mass is 10.1. The lowest BCUT2D eigenvalue weighted by Gasteiger charge is -2.14. The Kier molecular flexibility index (Phi) is 5.80. The van der Waals surface area contributed by atoms with Crippen molar-refractivity contribution in [1.29, 1.82) is 0 Å². The van der Waals surface area contributed by atoms with Crippen molar-refractivity contribution in [3.05, 3.63) is 57.2 Å². The molecular formula is C17H16Cl2N2O3. The van der Waals surface area contributed by atoms with Gasteiger partial charge in [0.25, 0.3) is 5.91 Å². The number of carbonyl (C=O) groups is 2. The number of carbonyl (C=O) groups excluding carboxylic acids is 2. The van der Waals surface area contributed by atoms with E-state index in [0.717, 1.165) is 11.1 Å². The van der Waals surface area contributed by atoms with Crippen LogP contribution in [0.5, 0.6) is 0 Å². The number of ether oxygens (including phenoxy) is 1. The molecular weight excluding hydrogens is 351 g/mol. The van der Waals surface area contributed by atoms with Crippen molar-refractivity contribution in [2.24, 2.45) is 0 Å². The molecule has 0 radical (unpaired) electrons. The average Bonchev–Trinajstić information content (AvgIpc) is 2.48. The van der Waals surface area contributed by atoms with Gasteiger partial charge in [-0.1, -0.05) is 40.4 Å². The summed E-state index contributed by atoms with van der Waals surface area (Å²) in [6.45, 7) is 5.24. The van der Waals surface area contributed by atoms with E-state index in [1.807, 2.05) is 19.9 Å². The number of hydrogen-bond acceptors (Lipinski definition) is 4. The zero-order valence-electron chi connectivity index (χ0n) is 13.4. The summed E-state index contributed by atoms with van der Waals surface area (Å²) in [6.07, 6.45) is 0.349. The van der Waals surface area contributed by atoms with E-state index in [1.54, 1.807) is 12.1 Å². The molecule has 0 saturated carbocycles. The van der Waals surface area contributed by atoms with Crippen molar-refractivity contribution in [2.45, 2.75) is 26.9 Å². The smallest absolute Gasteiger partial charge is 0.338 e. The highest BCUT2D eigenvalue weighted by Crippen LogP contribution is 2.22. The van der Waals surface area contributed by atoms with Gasteiger partial charge in [0.15, 0.2) is 11.9 Å². The molecule has 0 aliphatic carbocycles. The van der Waals surface area contributed by atoms with Gasteiger partial charge in [0.1, 0.15) is 0 Å². The number of anilines is 1. The summed E-state index contributed by atoms with van der Waals surface area (Å²) >= 11 is 11.7. The predicted molar refractivity (Wildman–Crippen MR) is 93.7 cm³/mol. The standard InChI is InChI=1S/C17H16Cl2N2O3/c1-9-4-10(2)6-12(5-9)17(23)24-11(3)16(22)21-15-14(19)7-13(18)8-20-15/h4-8,11H,1-3H3,(H,20,21,22)/t11-/m0/s1. The monoisotopic (exact) mass is 366 g/mol. The Morgan fingerprint density at radius 3 is 2.33 bits per heavy atom. The molecule has 0 aliphatic heterocycles. The molecule has 0 spiro atoms. The molecule has 0 bridgehead atoms. The first-order valence-corrected chi connectivity index (χ1v) is 7.93. The van der Waals surface area contributed by atoms with Gasteiger partial charge in [0, 0.05) is 6.20 Å². The van der Waals surface area contributed by atoms with E-state index in [9.17, 15) is 9.59 Å². The molecule has 0 saturated heterocycles. The molecule has 0 unspecified atom stereocenters. The number of esters is 1. The highest BCUT2D eigenvalue weighted by atomic mass is 35.5. The van der Waals surface area contributed by atoms with E-state index in [0.29, 0.717) is 10.6 Å². The van der Waals surface area contributed by atoms with Gasteiger partial charge >= 0.3 is 5.97 Å². The second-order valence-electron chi connectivity index (χ2n) is 5.40. The zero-order valence-corrected chi connectivity index (χ0v) is 14.9. The van der Waals surface area contributed by atoms with Crippen molar-refractivity contribution < 1.29 is 14.3 Å². The summed E-state index contributed by atoms with van der Waals surface area (Å²) in [5.74, 6) is -0.954. The van der Waals surface area contributed by atoms with Crippen LogP contribution in [-0.2, 0) is 9.53 Å². The maximum Gasteiger partial charge on any atom is 0.338 e. The number of aryl methyl sites for hydroxylation is 2. The maximum atomic E-state index is 12.2. The third-order valence-electron chi connectivity index (χ3n) is 3.16. The fourth-order valence-electron chi connectivity index (χ4n) is 2.10.